The van der Waals surface area contributed by atoms with Crippen LogP contribution in [0.25, 0.3) is 0 Å². The van der Waals surface area contributed by atoms with Crippen molar-refractivity contribution in [3.8, 4) is 5.88 Å². The van der Waals surface area contributed by atoms with Gasteiger partial charge in [-0.05, 0) is 30.7 Å². The van der Waals surface area contributed by atoms with Crippen molar-refractivity contribution in [1.29, 1.82) is 0 Å². The van der Waals surface area contributed by atoms with Gasteiger partial charge < -0.3 is 15.4 Å². The second kappa shape index (κ2) is 7.29. The van der Waals surface area contributed by atoms with E-state index in [0.717, 1.165) is 18.2 Å². The third-order valence-corrected chi connectivity index (χ3v) is 4.45. The number of nitrogens with one attached hydrogen (secondary N) is 2. The van der Waals surface area contributed by atoms with E-state index in [-0.39, 0.29) is 0 Å². The molecule has 1 aliphatic rings. The Labute approximate surface area is 127 Å². The Bertz CT molecular complexity index is 477. The van der Waals surface area contributed by atoms with E-state index in [1.807, 2.05) is 18.2 Å². The van der Waals surface area contributed by atoms with Crippen LogP contribution in [0, 0.1) is 5.41 Å². The lowest BCUT2D eigenvalue weighted by Gasteiger charge is -2.41. The van der Waals surface area contributed by atoms with E-state index < -0.39 is 0 Å². The number of guanidine groups is 1. The highest BCUT2D eigenvalue weighted by Gasteiger charge is 2.34. The van der Waals surface area contributed by atoms with E-state index >= 15 is 0 Å². The van der Waals surface area contributed by atoms with Crippen LogP contribution in [0.15, 0.2) is 23.2 Å². The van der Waals surface area contributed by atoms with E-state index in [2.05, 4.69) is 27.5 Å². The largest absolute Gasteiger partial charge is 0.481 e. The summed E-state index contributed by atoms with van der Waals surface area (Å²) in [6.07, 6.45) is 5.24. The molecule has 116 valence electrons. The minimum Gasteiger partial charge on any atom is -0.481 e. The molecule has 1 fully saturated rings. The lowest BCUT2D eigenvalue weighted by Crippen LogP contribution is -2.46. The Morgan fingerprint density at radius 1 is 1.38 bits per heavy atom. The third kappa shape index (κ3) is 4.09. The standard InChI is InChI=1S/C16H26N4O/c1-4-16(9-6-10-16)12-19-15(17-2)18-11-13-7-5-8-14(20-13)21-3/h5,7-8H,4,6,9-12H2,1-3H3,(H2,17,18,19). The molecule has 0 amide bonds. The van der Waals surface area contributed by atoms with Gasteiger partial charge in [-0.3, -0.25) is 4.99 Å². The molecule has 1 aliphatic carbocycles. The SMILES string of the molecule is CCC1(CNC(=NC)NCc2cccc(OC)n2)CCC1. The molecular weight excluding hydrogens is 264 g/mol. The maximum atomic E-state index is 5.13. The summed E-state index contributed by atoms with van der Waals surface area (Å²) >= 11 is 0. The van der Waals surface area contributed by atoms with Crippen molar-refractivity contribution in [2.75, 3.05) is 20.7 Å². The minimum absolute atomic E-state index is 0.478. The van der Waals surface area contributed by atoms with Gasteiger partial charge in [-0.25, -0.2) is 4.98 Å². The minimum atomic E-state index is 0.478. The lowest BCUT2D eigenvalue weighted by atomic mass is 9.67. The van der Waals surface area contributed by atoms with E-state index in [1.54, 1.807) is 14.2 Å². The van der Waals surface area contributed by atoms with Crippen molar-refractivity contribution >= 4 is 5.96 Å². The van der Waals surface area contributed by atoms with Crippen LogP contribution < -0.4 is 15.4 Å². The van der Waals surface area contributed by atoms with Gasteiger partial charge in [-0.15, -0.1) is 0 Å². The molecule has 0 atom stereocenters. The predicted octanol–water partition coefficient (Wildman–Crippen LogP) is 2.34. The fraction of sp³-hybridized carbons (Fsp3) is 0.625. The van der Waals surface area contributed by atoms with Gasteiger partial charge in [0.05, 0.1) is 19.3 Å². The predicted molar refractivity (Wildman–Crippen MR) is 85.6 cm³/mol. The summed E-state index contributed by atoms with van der Waals surface area (Å²) in [5.41, 5.74) is 1.41. The molecule has 0 unspecified atom stereocenters. The van der Waals surface area contributed by atoms with Crippen molar-refractivity contribution in [2.24, 2.45) is 10.4 Å². The summed E-state index contributed by atoms with van der Waals surface area (Å²) in [5.74, 6) is 1.47. The quantitative estimate of drug-likeness (QED) is 0.623. The first-order valence-corrected chi connectivity index (χ1v) is 7.66. The Balaban J connectivity index is 1.82. The number of nitrogens with zero attached hydrogens (tertiary/aromatic N) is 2. The topological polar surface area (TPSA) is 58.5 Å². The molecule has 0 aromatic carbocycles. The van der Waals surface area contributed by atoms with Gasteiger partial charge in [-0.2, -0.15) is 0 Å². The zero-order valence-corrected chi connectivity index (χ0v) is 13.3. The fourth-order valence-electron chi connectivity index (χ4n) is 2.67. The zero-order chi connectivity index (χ0) is 15.1. The van der Waals surface area contributed by atoms with Crippen molar-refractivity contribution in [3.63, 3.8) is 0 Å². The number of hydrogen-bond donors (Lipinski definition) is 2. The number of ether oxygens (including phenoxy) is 1. The summed E-state index contributed by atoms with van der Waals surface area (Å²) in [6, 6.07) is 5.76. The van der Waals surface area contributed by atoms with Crippen molar-refractivity contribution < 1.29 is 4.74 Å². The second-order valence-electron chi connectivity index (χ2n) is 5.66. The monoisotopic (exact) mass is 290 g/mol. The van der Waals surface area contributed by atoms with Crippen LogP contribution in [0.5, 0.6) is 5.88 Å². The third-order valence-electron chi connectivity index (χ3n) is 4.45. The van der Waals surface area contributed by atoms with Crippen molar-refractivity contribution in [1.82, 2.24) is 15.6 Å². The molecule has 1 aromatic rings. The molecule has 0 bridgehead atoms. The molecule has 1 saturated carbocycles. The van der Waals surface area contributed by atoms with Crippen LogP contribution in [-0.2, 0) is 6.54 Å². The summed E-state index contributed by atoms with van der Waals surface area (Å²) in [4.78, 5) is 8.66. The summed E-state index contributed by atoms with van der Waals surface area (Å²) in [5, 5.41) is 6.74. The van der Waals surface area contributed by atoms with Crippen LogP contribution in [0.3, 0.4) is 0 Å². The Hall–Kier alpha value is -1.78. The molecule has 0 spiro atoms. The van der Waals surface area contributed by atoms with Gasteiger partial charge in [0.25, 0.3) is 0 Å². The number of rotatable bonds is 6. The van der Waals surface area contributed by atoms with Gasteiger partial charge in [-0.1, -0.05) is 19.4 Å². The van der Waals surface area contributed by atoms with E-state index in [9.17, 15) is 0 Å². The first kappa shape index (κ1) is 15.6. The fourth-order valence-corrected chi connectivity index (χ4v) is 2.67. The molecule has 5 heteroatoms. The molecule has 2 N–H and O–H groups in total. The lowest BCUT2D eigenvalue weighted by molar-refractivity contribution is 0.131. The van der Waals surface area contributed by atoms with Gasteiger partial charge in [0.2, 0.25) is 5.88 Å². The Morgan fingerprint density at radius 3 is 2.76 bits per heavy atom. The first-order valence-electron chi connectivity index (χ1n) is 7.66. The molecule has 0 radical (unpaired) electrons. The Morgan fingerprint density at radius 2 is 2.19 bits per heavy atom. The molecule has 2 rings (SSSR count). The van der Waals surface area contributed by atoms with Crippen LogP contribution in [0.2, 0.25) is 0 Å². The molecule has 1 aromatic heterocycles. The van der Waals surface area contributed by atoms with Gasteiger partial charge >= 0.3 is 0 Å². The number of hydrogen-bond acceptors (Lipinski definition) is 3. The molecule has 21 heavy (non-hydrogen) atoms. The Kier molecular flexibility index (Phi) is 5.42. The summed E-state index contributed by atoms with van der Waals surface area (Å²) in [7, 11) is 3.43. The van der Waals surface area contributed by atoms with Crippen LogP contribution in [0.4, 0.5) is 0 Å². The van der Waals surface area contributed by atoms with Crippen LogP contribution >= 0.6 is 0 Å². The average Bonchev–Trinajstić information content (AvgIpc) is 2.49. The molecule has 0 saturated heterocycles. The second-order valence-corrected chi connectivity index (χ2v) is 5.66. The number of methoxy groups -OCH3 is 1. The highest BCUT2D eigenvalue weighted by atomic mass is 16.5. The molecule has 1 heterocycles. The molecule has 0 aliphatic heterocycles. The van der Waals surface area contributed by atoms with E-state index in [1.165, 1.54) is 25.7 Å². The van der Waals surface area contributed by atoms with E-state index in [0.29, 0.717) is 17.8 Å². The number of aromatic nitrogens is 1. The van der Waals surface area contributed by atoms with Crippen molar-refractivity contribution in [3.05, 3.63) is 23.9 Å². The smallest absolute Gasteiger partial charge is 0.213 e. The normalized spacial score (nSPS) is 17.0. The zero-order valence-electron chi connectivity index (χ0n) is 13.3. The van der Waals surface area contributed by atoms with E-state index in [4.69, 9.17) is 4.74 Å². The van der Waals surface area contributed by atoms with Gasteiger partial charge in [0, 0.05) is 19.7 Å². The van der Waals surface area contributed by atoms with Crippen LogP contribution in [-0.4, -0.2) is 31.6 Å². The maximum Gasteiger partial charge on any atom is 0.213 e. The number of pyridine rings is 1. The summed E-state index contributed by atoms with van der Waals surface area (Å²) < 4.78 is 5.13. The number of aliphatic imine (C=N–C) groups is 1. The highest BCUT2D eigenvalue weighted by molar-refractivity contribution is 5.79. The van der Waals surface area contributed by atoms with Crippen molar-refractivity contribution in [2.45, 2.75) is 39.2 Å². The highest BCUT2D eigenvalue weighted by Crippen LogP contribution is 2.42. The summed E-state index contributed by atoms with van der Waals surface area (Å²) in [6.45, 7) is 3.90. The maximum absolute atomic E-state index is 5.13. The van der Waals surface area contributed by atoms with Gasteiger partial charge in [0.15, 0.2) is 5.96 Å². The van der Waals surface area contributed by atoms with Gasteiger partial charge in [0.1, 0.15) is 0 Å². The van der Waals surface area contributed by atoms with Crippen LogP contribution in [0.1, 0.15) is 38.3 Å². The molecule has 5 nitrogen and oxygen atoms in total. The average molecular weight is 290 g/mol. The molecular formula is C16H26N4O. The first-order chi connectivity index (χ1) is 10.2.